The van der Waals surface area contributed by atoms with E-state index in [1.807, 2.05) is 0 Å². The lowest BCUT2D eigenvalue weighted by atomic mass is 10.0. The smallest absolute Gasteiger partial charge is 0.0509 e. The number of hydrogen-bond donors (Lipinski definition) is 2. The van der Waals surface area contributed by atoms with E-state index in [-0.39, 0.29) is 0 Å². The molecule has 3 nitrogen and oxygen atoms in total. The van der Waals surface area contributed by atoms with Crippen LogP contribution in [0.3, 0.4) is 0 Å². The summed E-state index contributed by atoms with van der Waals surface area (Å²) in [6.45, 7) is 6.45. The molecule has 0 aromatic rings. The first-order valence-corrected chi connectivity index (χ1v) is 7.14. The Morgan fingerprint density at radius 1 is 1.60 bits per heavy atom. The van der Waals surface area contributed by atoms with Gasteiger partial charge in [0, 0.05) is 43.3 Å². The van der Waals surface area contributed by atoms with Gasteiger partial charge in [0.25, 0.3) is 0 Å². The minimum Gasteiger partial charge on any atom is -0.381 e. The quantitative estimate of drug-likeness (QED) is 0.745. The minimum absolute atomic E-state index is 0.598. The van der Waals surface area contributed by atoms with Crippen molar-refractivity contribution in [2.75, 3.05) is 37.8 Å². The number of nitrogens with one attached hydrogen (secondary N) is 2. The number of rotatable bonds is 4. The minimum atomic E-state index is 0.598. The van der Waals surface area contributed by atoms with Crippen molar-refractivity contribution in [3.05, 3.63) is 0 Å². The molecule has 3 unspecified atom stereocenters. The predicted octanol–water partition coefficient (Wildman–Crippen LogP) is 0.706. The van der Waals surface area contributed by atoms with Crippen LogP contribution >= 0.6 is 11.8 Å². The molecule has 0 spiro atoms. The molecule has 2 rings (SSSR count). The van der Waals surface area contributed by atoms with Crippen LogP contribution in [0.15, 0.2) is 0 Å². The van der Waals surface area contributed by atoms with Crippen LogP contribution in [-0.2, 0) is 4.74 Å². The van der Waals surface area contributed by atoms with Crippen LogP contribution in [-0.4, -0.2) is 49.9 Å². The van der Waals surface area contributed by atoms with Gasteiger partial charge in [-0.25, -0.2) is 0 Å². The highest BCUT2D eigenvalue weighted by Gasteiger charge is 2.22. The zero-order chi connectivity index (χ0) is 10.5. The van der Waals surface area contributed by atoms with E-state index in [9.17, 15) is 0 Å². The lowest BCUT2D eigenvalue weighted by molar-refractivity contribution is 0.178. The standard InChI is InChI=1S/C11H22N2OS/c1-9(10-2-4-14-7-10)13-6-11-8-15-5-3-12-11/h9-13H,2-8H2,1H3. The monoisotopic (exact) mass is 230 g/mol. The maximum Gasteiger partial charge on any atom is 0.0509 e. The molecule has 3 atom stereocenters. The number of hydrogen-bond acceptors (Lipinski definition) is 4. The van der Waals surface area contributed by atoms with Crippen molar-refractivity contribution in [1.82, 2.24) is 10.6 Å². The van der Waals surface area contributed by atoms with Gasteiger partial charge in [0.05, 0.1) is 6.61 Å². The fraction of sp³-hybridized carbons (Fsp3) is 1.00. The molecular weight excluding hydrogens is 208 g/mol. The van der Waals surface area contributed by atoms with Crippen LogP contribution in [0, 0.1) is 5.92 Å². The summed E-state index contributed by atoms with van der Waals surface area (Å²) in [7, 11) is 0. The molecule has 2 saturated heterocycles. The van der Waals surface area contributed by atoms with Crippen molar-refractivity contribution < 1.29 is 4.74 Å². The maximum absolute atomic E-state index is 5.41. The van der Waals surface area contributed by atoms with Crippen molar-refractivity contribution >= 4 is 11.8 Å². The third-order valence-electron chi connectivity index (χ3n) is 3.36. The molecule has 2 aliphatic rings. The first kappa shape index (κ1) is 11.7. The molecule has 2 aliphatic heterocycles. The highest BCUT2D eigenvalue weighted by Crippen LogP contribution is 2.16. The van der Waals surface area contributed by atoms with Gasteiger partial charge < -0.3 is 15.4 Å². The molecule has 0 saturated carbocycles. The fourth-order valence-corrected chi connectivity index (χ4v) is 3.14. The Morgan fingerprint density at radius 2 is 2.53 bits per heavy atom. The van der Waals surface area contributed by atoms with Gasteiger partial charge in [-0.3, -0.25) is 0 Å². The Balaban J connectivity index is 1.63. The Bertz CT molecular complexity index is 179. The van der Waals surface area contributed by atoms with E-state index in [0.717, 1.165) is 32.2 Å². The Kier molecular flexibility index (Phi) is 4.75. The molecule has 0 radical (unpaired) electrons. The van der Waals surface area contributed by atoms with Crippen LogP contribution in [0.5, 0.6) is 0 Å². The first-order chi connectivity index (χ1) is 7.36. The third kappa shape index (κ3) is 3.63. The fourth-order valence-electron chi connectivity index (χ4n) is 2.19. The van der Waals surface area contributed by atoms with Crippen molar-refractivity contribution in [3.8, 4) is 0 Å². The Labute approximate surface area is 96.7 Å². The van der Waals surface area contributed by atoms with Gasteiger partial charge in [-0.2, -0.15) is 11.8 Å². The van der Waals surface area contributed by atoms with Crippen molar-refractivity contribution in [2.24, 2.45) is 5.92 Å². The summed E-state index contributed by atoms with van der Waals surface area (Å²) < 4.78 is 5.41. The molecule has 0 aromatic heterocycles. The molecule has 2 fully saturated rings. The zero-order valence-electron chi connectivity index (χ0n) is 9.50. The maximum atomic E-state index is 5.41. The van der Waals surface area contributed by atoms with E-state index < -0.39 is 0 Å². The first-order valence-electron chi connectivity index (χ1n) is 5.98. The van der Waals surface area contributed by atoms with E-state index in [4.69, 9.17) is 4.74 Å². The van der Waals surface area contributed by atoms with Crippen molar-refractivity contribution in [2.45, 2.75) is 25.4 Å². The highest BCUT2D eigenvalue weighted by molar-refractivity contribution is 7.99. The predicted molar refractivity (Wildman–Crippen MR) is 65.5 cm³/mol. The Morgan fingerprint density at radius 3 is 3.20 bits per heavy atom. The van der Waals surface area contributed by atoms with E-state index in [1.165, 1.54) is 17.9 Å². The second-order valence-corrected chi connectivity index (χ2v) is 5.70. The zero-order valence-corrected chi connectivity index (χ0v) is 10.3. The lowest BCUT2D eigenvalue weighted by Gasteiger charge is -2.26. The Hall–Kier alpha value is 0.230. The molecule has 4 heteroatoms. The van der Waals surface area contributed by atoms with Crippen LogP contribution < -0.4 is 10.6 Å². The molecule has 88 valence electrons. The van der Waals surface area contributed by atoms with Crippen molar-refractivity contribution in [3.63, 3.8) is 0 Å². The summed E-state index contributed by atoms with van der Waals surface area (Å²) >= 11 is 2.06. The molecular formula is C11H22N2OS. The van der Waals surface area contributed by atoms with Crippen molar-refractivity contribution in [1.29, 1.82) is 0 Å². The molecule has 0 amide bonds. The second-order valence-electron chi connectivity index (χ2n) is 4.55. The van der Waals surface area contributed by atoms with Gasteiger partial charge in [0.15, 0.2) is 0 Å². The van der Waals surface area contributed by atoms with Gasteiger partial charge in [0.2, 0.25) is 0 Å². The topological polar surface area (TPSA) is 33.3 Å². The van der Waals surface area contributed by atoms with Gasteiger partial charge in [-0.1, -0.05) is 0 Å². The molecule has 15 heavy (non-hydrogen) atoms. The second kappa shape index (κ2) is 6.09. The largest absolute Gasteiger partial charge is 0.381 e. The van der Waals surface area contributed by atoms with Crippen LogP contribution in [0.1, 0.15) is 13.3 Å². The van der Waals surface area contributed by atoms with Gasteiger partial charge in [-0.05, 0) is 19.3 Å². The molecule has 0 aromatic carbocycles. The lowest BCUT2D eigenvalue weighted by Crippen LogP contribution is -2.47. The van der Waals surface area contributed by atoms with E-state index in [2.05, 4.69) is 29.3 Å². The average molecular weight is 230 g/mol. The highest BCUT2D eigenvalue weighted by atomic mass is 32.2. The van der Waals surface area contributed by atoms with E-state index in [1.54, 1.807) is 0 Å². The van der Waals surface area contributed by atoms with Gasteiger partial charge in [0.1, 0.15) is 0 Å². The SMILES string of the molecule is CC(NCC1CSCCN1)C1CCOC1. The summed E-state index contributed by atoms with van der Waals surface area (Å²) in [5.74, 6) is 3.24. The molecule has 2 N–H and O–H groups in total. The summed E-state index contributed by atoms with van der Waals surface area (Å²) in [6.07, 6.45) is 1.22. The van der Waals surface area contributed by atoms with Crippen LogP contribution in [0.2, 0.25) is 0 Å². The summed E-state index contributed by atoms with van der Waals surface area (Å²) in [5.41, 5.74) is 0. The van der Waals surface area contributed by atoms with Gasteiger partial charge >= 0.3 is 0 Å². The van der Waals surface area contributed by atoms with E-state index in [0.29, 0.717) is 12.1 Å². The summed E-state index contributed by atoms with van der Waals surface area (Å²) in [6, 6.07) is 1.26. The average Bonchev–Trinajstić information content (AvgIpc) is 2.81. The van der Waals surface area contributed by atoms with Crippen LogP contribution in [0.25, 0.3) is 0 Å². The normalized spacial score (nSPS) is 34.2. The molecule has 0 bridgehead atoms. The third-order valence-corrected chi connectivity index (χ3v) is 4.49. The number of thioether (sulfide) groups is 1. The van der Waals surface area contributed by atoms with Crippen LogP contribution in [0.4, 0.5) is 0 Å². The summed E-state index contributed by atoms with van der Waals surface area (Å²) in [4.78, 5) is 0. The summed E-state index contributed by atoms with van der Waals surface area (Å²) in [5, 5.41) is 7.19. The van der Waals surface area contributed by atoms with E-state index >= 15 is 0 Å². The number of ether oxygens (including phenoxy) is 1. The molecule has 2 heterocycles. The molecule has 0 aliphatic carbocycles. The van der Waals surface area contributed by atoms with Gasteiger partial charge in [-0.15, -0.1) is 0 Å².